The standard InChI is InChI=1S/F4N2O2S3/c1-9(2)5-11(7,8)6-10(3)4. The Morgan fingerprint density at radius 1 is 0.909 bits per heavy atom. The Morgan fingerprint density at radius 2 is 1.18 bits per heavy atom. The molecule has 0 rings (SSSR count). The van der Waals surface area contributed by atoms with Gasteiger partial charge >= 0.3 is 10.2 Å². The van der Waals surface area contributed by atoms with E-state index in [1.54, 1.807) is 7.54 Å². The molecule has 11 heteroatoms. The fraction of sp³-hybridized carbons (Fsp3) is 0. The zero-order chi connectivity index (χ0) is 9.07. The van der Waals surface area contributed by atoms with Crippen molar-refractivity contribution < 1.29 is 24.0 Å². The van der Waals surface area contributed by atoms with Gasteiger partial charge in [-0.25, -0.2) is 0 Å². The van der Waals surface area contributed by atoms with Gasteiger partial charge < -0.3 is 0 Å². The van der Waals surface area contributed by atoms with E-state index in [0.29, 0.717) is 0 Å². The van der Waals surface area contributed by atoms with Gasteiger partial charge in [-0.1, -0.05) is 7.54 Å². The lowest BCUT2D eigenvalue weighted by molar-refractivity contribution is 0.599. The Kier molecular flexibility index (Phi) is 4.10. The number of nitrogens with zero attached hydrogens (tertiary/aromatic N) is 2. The van der Waals surface area contributed by atoms with Gasteiger partial charge in [-0.2, -0.15) is 8.42 Å². The van der Waals surface area contributed by atoms with E-state index < -0.39 is 33.1 Å². The van der Waals surface area contributed by atoms with Crippen LogP contribution in [-0.2, 0) is 33.1 Å². The van der Waals surface area contributed by atoms with Gasteiger partial charge in [0.05, 0.1) is 0 Å². The summed E-state index contributed by atoms with van der Waals surface area (Å²) in [6.07, 6.45) is 0. The van der Waals surface area contributed by atoms with Crippen LogP contribution in [-0.4, -0.2) is 8.42 Å². The fourth-order valence-electron chi connectivity index (χ4n) is 0.156. The van der Waals surface area contributed by atoms with Crippen LogP contribution in [0.1, 0.15) is 0 Å². The highest BCUT2D eigenvalue weighted by Crippen LogP contribution is 2.05. The quantitative estimate of drug-likeness (QED) is 0.675. The second-order valence-corrected chi connectivity index (χ2v) is 3.86. The molecule has 11 heavy (non-hydrogen) atoms. The zero-order valence-electron chi connectivity index (χ0n) is 4.45. The SMILES string of the molecule is O=S(=O)(N=S(F)F)N=S(F)F. The summed E-state index contributed by atoms with van der Waals surface area (Å²) in [4.78, 5) is 0. The maximum Gasteiger partial charge on any atom is 0.382 e. The van der Waals surface area contributed by atoms with Gasteiger partial charge in [0, 0.05) is 0 Å². The first-order valence-electron chi connectivity index (χ1n) is 1.68. The highest BCUT2D eigenvalue weighted by Gasteiger charge is 2.09. The lowest BCUT2D eigenvalue weighted by Crippen LogP contribution is -1.89. The molecule has 68 valence electrons. The molecular weight excluding hydrogens is 232 g/mol. The smallest absolute Gasteiger partial charge is 0.178 e. The van der Waals surface area contributed by atoms with Crippen LogP contribution >= 0.6 is 0 Å². The minimum absolute atomic E-state index is 1.68. The third-order valence-electron chi connectivity index (χ3n) is 0.301. The van der Waals surface area contributed by atoms with E-state index in [4.69, 9.17) is 0 Å². The van der Waals surface area contributed by atoms with Gasteiger partial charge in [-0.3, -0.25) is 0 Å². The number of hydrogen-bond donors (Lipinski definition) is 0. The van der Waals surface area contributed by atoms with E-state index in [-0.39, 0.29) is 0 Å². The summed E-state index contributed by atoms with van der Waals surface area (Å²) in [6.45, 7) is 0. The van der Waals surface area contributed by atoms with Crippen molar-refractivity contribution in [3.8, 4) is 0 Å². The van der Waals surface area contributed by atoms with Gasteiger partial charge in [-0.05, 0) is 0 Å². The summed E-state index contributed by atoms with van der Waals surface area (Å²) in [5.41, 5.74) is 0. The topological polar surface area (TPSA) is 58.9 Å². The molecule has 0 aliphatic carbocycles. The van der Waals surface area contributed by atoms with Crippen molar-refractivity contribution in [2.24, 2.45) is 7.54 Å². The predicted molar refractivity (Wildman–Crippen MR) is 32.9 cm³/mol. The van der Waals surface area contributed by atoms with Crippen LogP contribution in [0.2, 0.25) is 0 Å². The van der Waals surface area contributed by atoms with Gasteiger partial charge in [0.1, 0.15) is 0 Å². The zero-order valence-corrected chi connectivity index (χ0v) is 6.90. The van der Waals surface area contributed by atoms with Crippen LogP contribution in [0, 0.1) is 0 Å². The second kappa shape index (κ2) is 4.11. The Labute approximate surface area is 65.2 Å². The Hall–Kier alpha value is -0.0300. The van der Waals surface area contributed by atoms with Crippen molar-refractivity contribution in [3.05, 3.63) is 0 Å². The van der Waals surface area contributed by atoms with Crippen molar-refractivity contribution in [1.82, 2.24) is 0 Å². The van der Waals surface area contributed by atoms with Crippen molar-refractivity contribution >= 4 is 33.1 Å². The molecular formula is F4N2O2S3. The van der Waals surface area contributed by atoms with Crippen molar-refractivity contribution in [2.45, 2.75) is 0 Å². The molecule has 0 spiro atoms. The average molecular weight is 232 g/mol. The van der Waals surface area contributed by atoms with Crippen LogP contribution in [0.15, 0.2) is 7.54 Å². The van der Waals surface area contributed by atoms with Crippen molar-refractivity contribution in [2.75, 3.05) is 0 Å². The summed E-state index contributed by atoms with van der Waals surface area (Å²) >= 11 is -7.57. The highest BCUT2D eigenvalue weighted by molar-refractivity contribution is 8.00. The maximum atomic E-state index is 11.2. The molecule has 0 amide bonds. The molecule has 0 aliphatic heterocycles. The Balaban J connectivity index is 4.80. The summed E-state index contributed by atoms with van der Waals surface area (Å²) in [6, 6.07) is 0. The highest BCUT2D eigenvalue weighted by atomic mass is 32.3. The van der Waals surface area contributed by atoms with Gasteiger partial charge in [0.2, 0.25) is 0 Å². The summed E-state index contributed by atoms with van der Waals surface area (Å²) < 4.78 is 67.9. The van der Waals surface area contributed by atoms with Gasteiger partial charge in [0.15, 0.2) is 0 Å². The molecule has 0 aromatic heterocycles. The number of rotatable bonds is 2. The van der Waals surface area contributed by atoms with Gasteiger partial charge in [0.25, 0.3) is 22.9 Å². The monoisotopic (exact) mass is 232 g/mol. The van der Waals surface area contributed by atoms with Crippen LogP contribution < -0.4 is 0 Å². The summed E-state index contributed by atoms with van der Waals surface area (Å²) in [5.74, 6) is 0. The van der Waals surface area contributed by atoms with E-state index in [9.17, 15) is 24.0 Å². The van der Waals surface area contributed by atoms with Crippen molar-refractivity contribution in [3.63, 3.8) is 0 Å². The molecule has 0 unspecified atom stereocenters. The molecule has 0 N–H and O–H groups in total. The third kappa shape index (κ3) is 6.37. The van der Waals surface area contributed by atoms with Gasteiger partial charge in [-0.15, -0.1) is 15.5 Å². The second-order valence-electron chi connectivity index (χ2n) is 0.990. The largest absolute Gasteiger partial charge is 0.382 e. The molecule has 0 atom stereocenters. The van der Waals surface area contributed by atoms with E-state index >= 15 is 0 Å². The van der Waals surface area contributed by atoms with Crippen LogP contribution in [0.5, 0.6) is 0 Å². The number of halogens is 4. The Bertz CT molecular complexity index is 258. The first-order chi connectivity index (χ1) is 4.83. The molecule has 0 bridgehead atoms. The molecule has 0 aromatic rings. The first-order valence-corrected chi connectivity index (χ1v) is 5.04. The van der Waals surface area contributed by atoms with Crippen LogP contribution in [0.4, 0.5) is 15.5 Å². The first kappa shape index (κ1) is 11.0. The lowest BCUT2D eigenvalue weighted by Gasteiger charge is -1.83. The normalized spacial score (nSPS) is 12.2. The third-order valence-corrected chi connectivity index (χ3v) is 2.71. The molecule has 0 saturated carbocycles. The fourth-order valence-corrected chi connectivity index (χ4v) is 1.65. The van der Waals surface area contributed by atoms with Crippen molar-refractivity contribution in [1.29, 1.82) is 0 Å². The molecule has 0 saturated heterocycles. The van der Waals surface area contributed by atoms with E-state index in [1.165, 1.54) is 0 Å². The van der Waals surface area contributed by atoms with Crippen LogP contribution in [0.3, 0.4) is 0 Å². The maximum absolute atomic E-state index is 11.2. The van der Waals surface area contributed by atoms with Crippen LogP contribution in [0.25, 0.3) is 0 Å². The molecule has 0 fully saturated rings. The predicted octanol–water partition coefficient (Wildman–Crippen LogP) is 1.37. The number of hydrogen-bond acceptors (Lipinski definition) is 2. The summed E-state index contributed by atoms with van der Waals surface area (Å²) in [7, 11) is -5.01. The minimum atomic E-state index is -5.01. The van der Waals surface area contributed by atoms with E-state index in [0.717, 1.165) is 0 Å². The lowest BCUT2D eigenvalue weighted by atomic mass is 13.9. The van der Waals surface area contributed by atoms with E-state index in [2.05, 4.69) is 0 Å². The molecule has 0 heterocycles. The minimum Gasteiger partial charge on any atom is -0.178 e. The average Bonchev–Trinajstić information content (AvgIpc) is 1.53. The Morgan fingerprint density at radius 3 is 1.36 bits per heavy atom. The summed E-state index contributed by atoms with van der Waals surface area (Å²) in [5, 5.41) is 0. The molecule has 0 aliphatic rings. The molecule has 0 radical (unpaired) electrons. The molecule has 0 aromatic carbocycles. The molecule has 4 nitrogen and oxygen atoms in total. The van der Waals surface area contributed by atoms with E-state index in [1.807, 2.05) is 0 Å².